The molecule has 0 saturated heterocycles. The monoisotopic (exact) mass is 219 g/mol. The summed E-state index contributed by atoms with van der Waals surface area (Å²) in [5.74, 6) is 0. The molecule has 86 valence electrons. The van der Waals surface area contributed by atoms with Crippen molar-refractivity contribution in [2.45, 2.75) is 19.9 Å². The summed E-state index contributed by atoms with van der Waals surface area (Å²) in [6, 6.07) is 0. The van der Waals surface area contributed by atoms with Crippen LogP contribution in [0, 0.1) is 6.92 Å². The molecule has 0 bridgehead atoms. The molecule has 0 saturated carbocycles. The summed E-state index contributed by atoms with van der Waals surface area (Å²) in [7, 11) is 1.93. The van der Waals surface area contributed by atoms with Crippen molar-refractivity contribution in [3.63, 3.8) is 0 Å². The van der Waals surface area contributed by atoms with Gasteiger partial charge in [0.25, 0.3) is 0 Å². The second kappa shape index (κ2) is 4.49. The zero-order chi connectivity index (χ0) is 11.5. The predicted molar refractivity (Wildman–Crippen MR) is 62.8 cm³/mol. The van der Waals surface area contributed by atoms with E-state index in [0.29, 0.717) is 6.54 Å². The molecule has 5 nitrogen and oxygen atoms in total. The molecule has 2 N–H and O–H groups in total. The largest absolute Gasteiger partial charge is 0.337 e. The molecule has 0 aliphatic carbocycles. The Balaban J connectivity index is 2.21. The molecule has 0 unspecified atom stereocenters. The number of nitrogens with two attached hydrogens (primary N) is 1. The zero-order valence-corrected chi connectivity index (χ0v) is 9.72. The van der Waals surface area contributed by atoms with Gasteiger partial charge >= 0.3 is 0 Å². The number of aromatic nitrogens is 4. The third-order valence-corrected chi connectivity index (χ3v) is 2.76. The fraction of sp³-hybridized carbons (Fsp3) is 0.455. The quantitative estimate of drug-likeness (QED) is 0.832. The first-order valence-electron chi connectivity index (χ1n) is 5.43. The van der Waals surface area contributed by atoms with Gasteiger partial charge in [-0.15, -0.1) is 0 Å². The Kier molecular flexibility index (Phi) is 3.05. The van der Waals surface area contributed by atoms with Crippen LogP contribution in [0.25, 0.3) is 11.3 Å². The molecule has 2 aromatic heterocycles. The molecule has 2 heterocycles. The first kappa shape index (κ1) is 10.9. The van der Waals surface area contributed by atoms with Gasteiger partial charge in [0, 0.05) is 31.0 Å². The summed E-state index contributed by atoms with van der Waals surface area (Å²) in [4.78, 5) is 4.38. The van der Waals surface area contributed by atoms with E-state index in [2.05, 4.69) is 14.6 Å². The highest BCUT2D eigenvalue weighted by Gasteiger charge is 2.08. The molecule has 0 spiro atoms. The highest BCUT2D eigenvalue weighted by molar-refractivity contribution is 5.59. The van der Waals surface area contributed by atoms with Gasteiger partial charge in [-0.05, 0) is 19.9 Å². The first-order valence-corrected chi connectivity index (χ1v) is 5.43. The average molecular weight is 219 g/mol. The second-order valence-corrected chi connectivity index (χ2v) is 3.91. The van der Waals surface area contributed by atoms with E-state index in [9.17, 15) is 0 Å². The van der Waals surface area contributed by atoms with Gasteiger partial charge in [0.2, 0.25) is 0 Å². The third kappa shape index (κ3) is 1.99. The van der Waals surface area contributed by atoms with Crippen molar-refractivity contribution in [1.82, 2.24) is 19.3 Å². The lowest BCUT2D eigenvalue weighted by Crippen LogP contribution is -2.03. The highest BCUT2D eigenvalue weighted by Crippen LogP contribution is 2.20. The van der Waals surface area contributed by atoms with Crippen molar-refractivity contribution in [2.75, 3.05) is 6.54 Å². The summed E-state index contributed by atoms with van der Waals surface area (Å²) < 4.78 is 3.92. The van der Waals surface area contributed by atoms with E-state index in [0.717, 1.165) is 29.9 Å². The molecule has 0 aliphatic rings. The van der Waals surface area contributed by atoms with Crippen LogP contribution in [0.3, 0.4) is 0 Å². The highest BCUT2D eigenvalue weighted by atomic mass is 15.3. The SMILES string of the molecule is Cc1c(-c2cn(CCCN)cn2)cnn1C. The summed E-state index contributed by atoms with van der Waals surface area (Å²) >= 11 is 0. The van der Waals surface area contributed by atoms with Gasteiger partial charge in [-0.2, -0.15) is 5.10 Å². The van der Waals surface area contributed by atoms with Crippen LogP contribution in [-0.4, -0.2) is 25.9 Å². The number of hydrogen-bond donors (Lipinski definition) is 1. The lowest BCUT2D eigenvalue weighted by atomic mass is 10.2. The van der Waals surface area contributed by atoms with Crippen LogP contribution in [0.2, 0.25) is 0 Å². The standard InChI is InChI=1S/C11H17N5/c1-9-10(6-14-15(9)2)11-7-16(8-13-11)5-3-4-12/h6-8H,3-5,12H2,1-2H3. The minimum absolute atomic E-state index is 0.708. The number of aryl methyl sites for hydroxylation is 2. The van der Waals surface area contributed by atoms with Crippen LogP contribution in [0.1, 0.15) is 12.1 Å². The van der Waals surface area contributed by atoms with Crippen LogP contribution < -0.4 is 5.73 Å². The molecular formula is C11H17N5. The van der Waals surface area contributed by atoms with Gasteiger partial charge in [0.15, 0.2) is 0 Å². The van der Waals surface area contributed by atoms with Gasteiger partial charge < -0.3 is 10.3 Å². The molecule has 0 aliphatic heterocycles. The van der Waals surface area contributed by atoms with E-state index < -0.39 is 0 Å². The minimum Gasteiger partial charge on any atom is -0.337 e. The van der Waals surface area contributed by atoms with Crippen molar-refractivity contribution in [1.29, 1.82) is 0 Å². The summed E-state index contributed by atoms with van der Waals surface area (Å²) in [5, 5.41) is 4.21. The van der Waals surface area contributed by atoms with Crippen molar-refractivity contribution in [3.05, 3.63) is 24.4 Å². The summed E-state index contributed by atoms with van der Waals surface area (Å²) in [6.07, 6.45) is 6.71. The molecule has 5 heteroatoms. The van der Waals surface area contributed by atoms with Crippen LogP contribution in [0.15, 0.2) is 18.7 Å². The number of rotatable bonds is 4. The minimum atomic E-state index is 0.708. The maximum absolute atomic E-state index is 5.47. The van der Waals surface area contributed by atoms with Crippen LogP contribution >= 0.6 is 0 Å². The van der Waals surface area contributed by atoms with E-state index >= 15 is 0 Å². The smallest absolute Gasteiger partial charge is 0.0953 e. The summed E-state index contributed by atoms with van der Waals surface area (Å²) in [6.45, 7) is 3.67. The molecular weight excluding hydrogens is 202 g/mol. The molecule has 2 aromatic rings. The van der Waals surface area contributed by atoms with E-state index in [4.69, 9.17) is 5.73 Å². The zero-order valence-electron chi connectivity index (χ0n) is 9.72. The van der Waals surface area contributed by atoms with Crippen LogP contribution in [0.4, 0.5) is 0 Å². The number of nitrogens with zero attached hydrogens (tertiary/aromatic N) is 4. The van der Waals surface area contributed by atoms with Gasteiger partial charge in [-0.25, -0.2) is 4.98 Å². The van der Waals surface area contributed by atoms with Crippen molar-refractivity contribution in [2.24, 2.45) is 12.8 Å². The predicted octanol–water partition coefficient (Wildman–Crippen LogP) is 0.941. The van der Waals surface area contributed by atoms with Crippen molar-refractivity contribution >= 4 is 0 Å². The Morgan fingerprint density at radius 2 is 2.25 bits per heavy atom. The molecule has 0 amide bonds. The van der Waals surface area contributed by atoms with Crippen LogP contribution in [0.5, 0.6) is 0 Å². The number of hydrogen-bond acceptors (Lipinski definition) is 3. The van der Waals surface area contributed by atoms with Crippen LogP contribution in [-0.2, 0) is 13.6 Å². The third-order valence-electron chi connectivity index (χ3n) is 2.76. The maximum atomic E-state index is 5.47. The van der Waals surface area contributed by atoms with Crippen molar-refractivity contribution < 1.29 is 0 Å². The molecule has 0 atom stereocenters. The van der Waals surface area contributed by atoms with E-state index in [1.807, 2.05) is 37.4 Å². The first-order chi connectivity index (χ1) is 7.72. The fourth-order valence-corrected chi connectivity index (χ4v) is 1.65. The molecule has 0 radical (unpaired) electrons. The Bertz CT molecular complexity index is 468. The Hall–Kier alpha value is -1.62. The van der Waals surface area contributed by atoms with E-state index in [1.54, 1.807) is 0 Å². The van der Waals surface area contributed by atoms with Gasteiger partial charge in [-0.3, -0.25) is 4.68 Å². The van der Waals surface area contributed by atoms with Gasteiger partial charge in [-0.1, -0.05) is 0 Å². The Morgan fingerprint density at radius 3 is 2.88 bits per heavy atom. The van der Waals surface area contributed by atoms with E-state index in [-0.39, 0.29) is 0 Å². The maximum Gasteiger partial charge on any atom is 0.0953 e. The molecule has 2 rings (SSSR count). The molecule has 16 heavy (non-hydrogen) atoms. The normalized spacial score (nSPS) is 10.9. The van der Waals surface area contributed by atoms with Crippen molar-refractivity contribution in [3.8, 4) is 11.3 Å². The summed E-state index contributed by atoms with van der Waals surface area (Å²) in [5.41, 5.74) is 8.67. The topological polar surface area (TPSA) is 61.7 Å². The lowest BCUT2D eigenvalue weighted by molar-refractivity contribution is 0.650. The fourth-order valence-electron chi connectivity index (χ4n) is 1.65. The lowest BCUT2D eigenvalue weighted by Gasteiger charge is -1.98. The average Bonchev–Trinajstić information content (AvgIpc) is 2.85. The van der Waals surface area contributed by atoms with E-state index in [1.165, 1.54) is 0 Å². The second-order valence-electron chi connectivity index (χ2n) is 3.91. The number of imidazole rings is 1. The Labute approximate surface area is 94.9 Å². The Morgan fingerprint density at radius 1 is 1.44 bits per heavy atom. The molecule has 0 aromatic carbocycles. The van der Waals surface area contributed by atoms with Gasteiger partial charge in [0.1, 0.15) is 0 Å². The molecule has 0 fully saturated rings. The van der Waals surface area contributed by atoms with Gasteiger partial charge in [0.05, 0.1) is 18.2 Å².